The fourth-order valence-electron chi connectivity index (χ4n) is 1.28. The quantitative estimate of drug-likeness (QED) is 0.678. The van der Waals surface area contributed by atoms with Crippen molar-refractivity contribution < 1.29 is 24.2 Å². The van der Waals surface area contributed by atoms with Gasteiger partial charge in [0.25, 0.3) is 5.91 Å². The first kappa shape index (κ1) is 13.9. The Bertz CT molecular complexity index is 435. The van der Waals surface area contributed by atoms with Crippen LogP contribution in [0.2, 0.25) is 0 Å². The van der Waals surface area contributed by atoms with E-state index in [1.165, 1.54) is 26.5 Å². The van der Waals surface area contributed by atoms with Gasteiger partial charge in [0, 0.05) is 6.20 Å². The lowest BCUT2D eigenvalue weighted by Crippen LogP contribution is -2.44. The first-order valence-electron chi connectivity index (χ1n) is 5.12. The van der Waals surface area contributed by atoms with E-state index in [0.717, 1.165) is 0 Å². The topological polar surface area (TPSA) is 97.8 Å². The summed E-state index contributed by atoms with van der Waals surface area (Å²) in [6.45, 7) is -0.555. The molecule has 0 saturated carbocycles. The van der Waals surface area contributed by atoms with Crippen molar-refractivity contribution in [2.45, 2.75) is 6.04 Å². The fourth-order valence-corrected chi connectivity index (χ4v) is 1.28. The van der Waals surface area contributed by atoms with Crippen molar-refractivity contribution in [2.75, 3.05) is 20.8 Å². The molecule has 1 unspecified atom stereocenters. The second-order valence-electron chi connectivity index (χ2n) is 3.29. The van der Waals surface area contributed by atoms with Crippen molar-refractivity contribution in [1.29, 1.82) is 0 Å². The molecule has 7 heteroatoms. The summed E-state index contributed by atoms with van der Waals surface area (Å²) in [7, 11) is 2.55. The summed E-state index contributed by atoms with van der Waals surface area (Å²) in [5, 5.41) is 11.3. The van der Waals surface area contributed by atoms with Crippen LogP contribution in [-0.4, -0.2) is 48.8 Å². The van der Waals surface area contributed by atoms with Gasteiger partial charge >= 0.3 is 5.97 Å². The maximum absolute atomic E-state index is 11.9. The zero-order valence-electron chi connectivity index (χ0n) is 10.0. The first-order valence-corrected chi connectivity index (χ1v) is 5.12. The van der Waals surface area contributed by atoms with Crippen LogP contribution in [-0.2, 0) is 9.53 Å². The second-order valence-corrected chi connectivity index (χ2v) is 3.29. The molecule has 1 atom stereocenters. The molecule has 98 valence electrons. The normalized spacial score (nSPS) is 11.5. The van der Waals surface area contributed by atoms with Gasteiger partial charge in [0.1, 0.15) is 5.56 Å². The van der Waals surface area contributed by atoms with Crippen LogP contribution in [0.15, 0.2) is 18.3 Å². The third-order valence-electron chi connectivity index (χ3n) is 2.18. The Labute approximate surface area is 104 Å². The predicted octanol–water partition coefficient (Wildman–Crippen LogP) is -0.646. The number of hydrogen-bond donors (Lipinski definition) is 2. The number of nitrogens with one attached hydrogen (secondary N) is 1. The maximum Gasteiger partial charge on any atom is 0.330 e. The number of hydrogen-bond acceptors (Lipinski definition) is 6. The molecule has 0 spiro atoms. The molecule has 0 radical (unpaired) electrons. The predicted molar refractivity (Wildman–Crippen MR) is 61.1 cm³/mol. The fraction of sp³-hybridized carbons (Fsp3) is 0.364. The molecule has 0 aliphatic carbocycles. The van der Waals surface area contributed by atoms with E-state index in [-0.39, 0.29) is 11.4 Å². The maximum atomic E-state index is 11.9. The molecular formula is C11H14N2O5. The van der Waals surface area contributed by atoms with E-state index in [1.807, 2.05) is 0 Å². The van der Waals surface area contributed by atoms with Crippen molar-refractivity contribution >= 4 is 11.9 Å². The Kier molecular flexibility index (Phi) is 5.06. The van der Waals surface area contributed by atoms with Crippen LogP contribution in [0.5, 0.6) is 5.88 Å². The third-order valence-corrected chi connectivity index (χ3v) is 2.18. The molecule has 0 aromatic carbocycles. The number of pyridine rings is 1. The summed E-state index contributed by atoms with van der Waals surface area (Å²) in [5.74, 6) is -1.17. The molecule has 1 rings (SSSR count). The average Bonchev–Trinajstić information content (AvgIpc) is 2.43. The standard InChI is InChI=1S/C11H14N2O5/c1-17-10-7(4-3-5-12-10)9(15)13-8(6-14)11(16)18-2/h3-5,8,14H,6H2,1-2H3,(H,13,15). The largest absolute Gasteiger partial charge is 0.480 e. The lowest BCUT2D eigenvalue weighted by Gasteiger charge is -2.14. The summed E-state index contributed by atoms with van der Waals surface area (Å²) in [5.41, 5.74) is 0.169. The van der Waals surface area contributed by atoms with Gasteiger partial charge in [0.05, 0.1) is 20.8 Å². The second kappa shape index (κ2) is 6.55. The van der Waals surface area contributed by atoms with Crippen molar-refractivity contribution in [2.24, 2.45) is 0 Å². The number of rotatable bonds is 5. The van der Waals surface area contributed by atoms with Crippen molar-refractivity contribution in [3.05, 3.63) is 23.9 Å². The van der Waals surface area contributed by atoms with E-state index >= 15 is 0 Å². The summed E-state index contributed by atoms with van der Waals surface area (Å²) < 4.78 is 9.35. The Balaban J connectivity index is 2.84. The molecule has 0 saturated heterocycles. The summed E-state index contributed by atoms with van der Waals surface area (Å²) >= 11 is 0. The van der Waals surface area contributed by atoms with Crippen molar-refractivity contribution in [1.82, 2.24) is 10.3 Å². The summed E-state index contributed by atoms with van der Waals surface area (Å²) in [4.78, 5) is 26.9. The number of aliphatic hydroxyl groups excluding tert-OH is 1. The lowest BCUT2D eigenvalue weighted by molar-refractivity contribution is -0.143. The van der Waals surface area contributed by atoms with Crippen LogP contribution in [0, 0.1) is 0 Å². The number of carbonyl (C=O) groups excluding carboxylic acids is 2. The number of methoxy groups -OCH3 is 2. The number of aromatic nitrogens is 1. The van der Waals surface area contributed by atoms with Gasteiger partial charge in [0.2, 0.25) is 5.88 Å². The van der Waals surface area contributed by atoms with E-state index in [0.29, 0.717) is 0 Å². The van der Waals surface area contributed by atoms with Crippen LogP contribution in [0.1, 0.15) is 10.4 Å². The van der Waals surface area contributed by atoms with Crippen LogP contribution in [0.4, 0.5) is 0 Å². The van der Waals surface area contributed by atoms with E-state index in [2.05, 4.69) is 15.0 Å². The van der Waals surface area contributed by atoms with Crippen LogP contribution in [0.25, 0.3) is 0 Å². The molecule has 0 fully saturated rings. The molecule has 1 aromatic rings. The van der Waals surface area contributed by atoms with Gasteiger partial charge < -0.3 is 19.9 Å². The molecule has 7 nitrogen and oxygen atoms in total. The molecule has 1 amide bonds. The number of esters is 1. The third kappa shape index (κ3) is 3.17. The Hall–Kier alpha value is -2.15. The minimum Gasteiger partial charge on any atom is -0.480 e. The Morgan fingerprint density at radius 1 is 1.50 bits per heavy atom. The number of carbonyl (C=O) groups is 2. The number of ether oxygens (including phenoxy) is 2. The molecule has 1 heterocycles. The minimum atomic E-state index is -1.12. The smallest absolute Gasteiger partial charge is 0.330 e. The zero-order valence-corrected chi connectivity index (χ0v) is 10.0. The highest BCUT2D eigenvalue weighted by molar-refractivity contribution is 5.98. The molecular weight excluding hydrogens is 240 g/mol. The molecule has 0 bridgehead atoms. The molecule has 18 heavy (non-hydrogen) atoms. The van der Waals surface area contributed by atoms with E-state index < -0.39 is 24.5 Å². The Morgan fingerprint density at radius 2 is 2.22 bits per heavy atom. The van der Waals surface area contributed by atoms with E-state index in [4.69, 9.17) is 9.84 Å². The highest BCUT2D eigenvalue weighted by Crippen LogP contribution is 2.13. The minimum absolute atomic E-state index is 0.136. The highest BCUT2D eigenvalue weighted by atomic mass is 16.5. The average molecular weight is 254 g/mol. The van der Waals surface area contributed by atoms with Gasteiger partial charge in [-0.3, -0.25) is 4.79 Å². The van der Waals surface area contributed by atoms with Crippen LogP contribution >= 0.6 is 0 Å². The van der Waals surface area contributed by atoms with Gasteiger partial charge in [-0.25, -0.2) is 9.78 Å². The summed E-state index contributed by atoms with van der Waals surface area (Å²) in [6.07, 6.45) is 1.47. The first-order chi connectivity index (χ1) is 8.63. The molecule has 2 N–H and O–H groups in total. The van der Waals surface area contributed by atoms with Gasteiger partial charge in [0.15, 0.2) is 6.04 Å². The van der Waals surface area contributed by atoms with Gasteiger partial charge in [-0.05, 0) is 12.1 Å². The van der Waals surface area contributed by atoms with Crippen LogP contribution in [0.3, 0.4) is 0 Å². The van der Waals surface area contributed by atoms with Gasteiger partial charge in [-0.2, -0.15) is 0 Å². The number of nitrogens with zero attached hydrogens (tertiary/aromatic N) is 1. The van der Waals surface area contributed by atoms with Gasteiger partial charge in [-0.15, -0.1) is 0 Å². The number of amides is 1. The lowest BCUT2D eigenvalue weighted by atomic mass is 10.2. The van der Waals surface area contributed by atoms with Crippen molar-refractivity contribution in [3.63, 3.8) is 0 Å². The number of aliphatic hydroxyl groups is 1. The highest BCUT2D eigenvalue weighted by Gasteiger charge is 2.22. The van der Waals surface area contributed by atoms with Gasteiger partial charge in [-0.1, -0.05) is 0 Å². The SMILES string of the molecule is COC(=O)C(CO)NC(=O)c1cccnc1OC. The zero-order chi connectivity index (χ0) is 13.5. The molecule has 0 aliphatic heterocycles. The summed E-state index contributed by atoms with van der Waals surface area (Å²) in [6, 6.07) is 1.93. The van der Waals surface area contributed by atoms with E-state index in [9.17, 15) is 9.59 Å². The molecule has 1 aromatic heterocycles. The van der Waals surface area contributed by atoms with Crippen molar-refractivity contribution in [3.8, 4) is 5.88 Å². The monoisotopic (exact) mass is 254 g/mol. The Morgan fingerprint density at radius 3 is 2.78 bits per heavy atom. The van der Waals surface area contributed by atoms with E-state index in [1.54, 1.807) is 6.07 Å². The molecule has 0 aliphatic rings. The van der Waals surface area contributed by atoms with Crippen LogP contribution < -0.4 is 10.1 Å².